The number of rotatable bonds is 6. The standard InChI is InChI=1S/C14H17BrCl3N3OS/c1-2-3-7-11(22)20-12(14(16,17)18)21-13(23)19-10-6-4-5-9(15)8-10/h4-6,8,12H,2-3,7H2,1H3,(H,20,22)(H2,19,21,23). The average Bonchev–Trinajstić information content (AvgIpc) is 2.43. The summed E-state index contributed by atoms with van der Waals surface area (Å²) in [6, 6.07) is 7.43. The van der Waals surface area contributed by atoms with Gasteiger partial charge in [0.1, 0.15) is 6.17 Å². The molecule has 0 radical (unpaired) electrons. The smallest absolute Gasteiger partial charge is 0.228 e. The second-order valence-corrected chi connectivity index (χ2v) is 8.45. The van der Waals surface area contributed by atoms with Crippen molar-refractivity contribution in [2.75, 3.05) is 5.32 Å². The first-order valence-corrected chi connectivity index (χ1v) is 9.25. The maximum Gasteiger partial charge on any atom is 0.228 e. The molecule has 0 aromatic heterocycles. The molecule has 0 saturated heterocycles. The third-order valence-corrected chi connectivity index (χ3v) is 4.12. The van der Waals surface area contributed by atoms with Crippen molar-refractivity contribution in [2.45, 2.75) is 36.1 Å². The van der Waals surface area contributed by atoms with Gasteiger partial charge in [-0.3, -0.25) is 4.79 Å². The zero-order chi connectivity index (χ0) is 17.5. The van der Waals surface area contributed by atoms with E-state index in [2.05, 4.69) is 31.9 Å². The largest absolute Gasteiger partial charge is 0.339 e. The molecular formula is C14H17BrCl3N3OS. The van der Waals surface area contributed by atoms with Gasteiger partial charge < -0.3 is 16.0 Å². The van der Waals surface area contributed by atoms with Gasteiger partial charge in [0.25, 0.3) is 0 Å². The van der Waals surface area contributed by atoms with Gasteiger partial charge in [0.2, 0.25) is 9.70 Å². The number of hydrogen-bond acceptors (Lipinski definition) is 2. The van der Waals surface area contributed by atoms with Gasteiger partial charge in [0.05, 0.1) is 0 Å². The highest BCUT2D eigenvalue weighted by Crippen LogP contribution is 2.29. The molecule has 4 nitrogen and oxygen atoms in total. The van der Waals surface area contributed by atoms with Crippen LogP contribution in [0.1, 0.15) is 26.2 Å². The Balaban J connectivity index is 2.66. The number of halogens is 4. The highest BCUT2D eigenvalue weighted by atomic mass is 79.9. The molecule has 9 heteroatoms. The molecule has 0 saturated carbocycles. The number of thiocarbonyl (C=S) groups is 1. The third kappa shape index (κ3) is 8.40. The van der Waals surface area contributed by atoms with Crippen LogP contribution in [0.15, 0.2) is 28.7 Å². The molecule has 0 heterocycles. The normalized spacial score (nSPS) is 12.4. The minimum atomic E-state index is -1.75. The number of alkyl halides is 3. The van der Waals surface area contributed by atoms with Crippen LogP contribution >= 0.6 is 63.0 Å². The topological polar surface area (TPSA) is 53.2 Å². The van der Waals surface area contributed by atoms with Crippen LogP contribution in [-0.2, 0) is 4.79 Å². The molecule has 1 aromatic rings. The lowest BCUT2D eigenvalue weighted by Gasteiger charge is -2.27. The van der Waals surface area contributed by atoms with Crippen molar-refractivity contribution in [1.29, 1.82) is 0 Å². The summed E-state index contributed by atoms with van der Waals surface area (Å²) in [5.41, 5.74) is 0.761. The number of carbonyl (C=O) groups excluding carboxylic acids is 1. The number of amides is 1. The van der Waals surface area contributed by atoms with Crippen LogP contribution in [-0.4, -0.2) is 21.0 Å². The van der Waals surface area contributed by atoms with E-state index in [1.807, 2.05) is 31.2 Å². The summed E-state index contributed by atoms with van der Waals surface area (Å²) in [5.74, 6) is -0.207. The van der Waals surface area contributed by atoms with Crippen LogP contribution in [0.4, 0.5) is 5.69 Å². The second kappa shape index (κ2) is 9.89. The van der Waals surface area contributed by atoms with Crippen molar-refractivity contribution in [3.8, 4) is 0 Å². The van der Waals surface area contributed by atoms with Crippen LogP contribution in [0.2, 0.25) is 0 Å². The summed E-state index contributed by atoms with van der Waals surface area (Å²) >= 11 is 26.3. The zero-order valence-corrected chi connectivity index (χ0v) is 17.0. The lowest BCUT2D eigenvalue weighted by molar-refractivity contribution is -0.122. The summed E-state index contributed by atoms with van der Waals surface area (Å²) in [6.07, 6.45) is 1.09. The Morgan fingerprint density at radius 2 is 2.04 bits per heavy atom. The first kappa shape index (κ1) is 20.8. The van der Waals surface area contributed by atoms with E-state index >= 15 is 0 Å². The molecule has 23 heavy (non-hydrogen) atoms. The van der Waals surface area contributed by atoms with Crippen molar-refractivity contribution in [3.05, 3.63) is 28.7 Å². The summed E-state index contributed by atoms with van der Waals surface area (Å²) in [4.78, 5) is 11.8. The van der Waals surface area contributed by atoms with E-state index in [-0.39, 0.29) is 11.0 Å². The van der Waals surface area contributed by atoms with Gasteiger partial charge in [-0.25, -0.2) is 0 Å². The molecule has 1 atom stereocenters. The molecule has 3 N–H and O–H groups in total. The predicted molar refractivity (Wildman–Crippen MR) is 105 cm³/mol. The van der Waals surface area contributed by atoms with Crippen molar-refractivity contribution >= 4 is 79.7 Å². The summed E-state index contributed by atoms with van der Waals surface area (Å²) in [7, 11) is 0. The Hall–Kier alpha value is -0.270. The number of nitrogens with one attached hydrogen (secondary N) is 3. The number of benzene rings is 1. The predicted octanol–water partition coefficient (Wildman–Crippen LogP) is 4.74. The van der Waals surface area contributed by atoms with Crippen LogP contribution < -0.4 is 16.0 Å². The lowest BCUT2D eigenvalue weighted by Crippen LogP contribution is -2.56. The van der Waals surface area contributed by atoms with Crippen LogP contribution in [0, 0.1) is 0 Å². The fraction of sp³-hybridized carbons (Fsp3) is 0.429. The van der Waals surface area contributed by atoms with Gasteiger partial charge in [-0.2, -0.15) is 0 Å². The van der Waals surface area contributed by atoms with Crippen LogP contribution in [0.25, 0.3) is 0 Å². The zero-order valence-electron chi connectivity index (χ0n) is 12.3. The van der Waals surface area contributed by atoms with Gasteiger partial charge in [0.15, 0.2) is 5.11 Å². The monoisotopic (exact) mass is 459 g/mol. The molecule has 1 rings (SSSR count). The minimum absolute atomic E-state index is 0.207. The fourth-order valence-corrected chi connectivity index (χ4v) is 2.60. The maximum atomic E-state index is 11.8. The maximum absolute atomic E-state index is 11.8. The molecule has 1 unspecified atom stereocenters. The molecule has 0 spiro atoms. The lowest BCUT2D eigenvalue weighted by atomic mass is 10.2. The summed E-state index contributed by atoms with van der Waals surface area (Å²) in [6.45, 7) is 2.00. The molecule has 128 valence electrons. The molecule has 0 aliphatic heterocycles. The third-order valence-electron chi connectivity index (χ3n) is 2.75. The second-order valence-electron chi connectivity index (χ2n) is 4.75. The Morgan fingerprint density at radius 3 is 2.61 bits per heavy atom. The Bertz CT molecular complexity index is 554. The molecule has 0 fully saturated rings. The summed E-state index contributed by atoms with van der Waals surface area (Å²) < 4.78 is -0.846. The first-order chi connectivity index (χ1) is 10.7. The highest BCUT2D eigenvalue weighted by molar-refractivity contribution is 9.10. The molecule has 0 bridgehead atoms. The van der Waals surface area contributed by atoms with Gasteiger partial charge in [-0.05, 0) is 36.8 Å². The van der Waals surface area contributed by atoms with E-state index in [1.165, 1.54) is 0 Å². The van der Waals surface area contributed by atoms with Gasteiger partial charge in [-0.1, -0.05) is 70.1 Å². The quantitative estimate of drug-likeness (QED) is 0.325. The Morgan fingerprint density at radius 1 is 1.35 bits per heavy atom. The van der Waals surface area contributed by atoms with E-state index in [0.29, 0.717) is 6.42 Å². The highest BCUT2D eigenvalue weighted by Gasteiger charge is 2.34. The molecule has 1 aromatic carbocycles. The van der Waals surface area contributed by atoms with Gasteiger partial charge >= 0.3 is 0 Å². The van der Waals surface area contributed by atoms with E-state index in [1.54, 1.807) is 0 Å². The fourth-order valence-electron chi connectivity index (χ4n) is 1.63. The number of unbranched alkanes of at least 4 members (excludes halogenated alkanes) is 1. The molecular weight excluding hydrogens is 445 g/mol. The molecule has 1 amide bonds. The number of hydrogen-bond donors (Lipinski definition) is 3. The van der Waals surface area contributed by atoms with E-state index in [0.717, 1.165) is 23.0 Å². The number of carbonyl (C=O) groups is 1. The van der Waals surface area contributed by atoms with Crippen molar-refractivity contribution < 1.29 is 4.79 Å². The van der Waals surface area contributed by atoms with Gasteiger partial charge in [-0.15, -0.1) is 0 Å². The van der Waals surface area contributed by atoms with Crippen LogP contribution in [0.3, 0.4) is 0 Å². The first-order valence-electron chi connectivity index (χ1n) is 6.91. The van der Waals surface area contributed by atoms with Crippen LogP contribution in [0.5, 0.6) is 0 Å². The van der Waals surface area contributed by atoms with Crippen molar-refractivity contribution in [3.63, 3.8) is 0 Å². The molecule has 0 aliphatic rings. The number of anilines is 1. The minimum Gasteiger partial charge on any atom is -0.339 e. The van der Waals surface area contributed by atoms with Crippen molar-refractivity contribution in [2.24, 2.45) is 0 Å². The SMILES string of the molecule is CCCCC(=O)NC(NC(=S)Nc1cccc(Br)c1)C(Cl)(Cl)Cl. The Labute approximate surface area is 164 Å². The van der Waals surface area contributed by atoms with E-state index < -0.39 is 9.96 Å². The Kier molecular flexibility index (Phi) is 8.93. The van der Waals surface area contributed by atoms with Gasteiger partial charge in [0, 0.05) is 16.6 Å². The van der Waals surface area contributed by atoms with E-state index in [9.17, 15) is 4.79 Å². The van der Waals surface area contributed by atoms with E-state index in [4.69, 9.17) is 47.0 Å². The van der Waals surface area contributed by atoms with Crippen molar-refractivity contribution in [1.82, 2.24) is 10.6 Å². The summed E-state index contributed by atoms with van der Waals surface area (Å²) in [5, 5.41) is 8.64. The molecule has 0 aliphatic carbocycles. The average molecular weight is 462 g/mol.